The van der Waals surface area contributed by atoms with Gasteiger partial charge in [0.2, 0.25) is 5.91 Å². The average molecular weight is 739 g/mol. The van der Waals surface area contributed by atoms with Gasteiger partial charge in [-0.1, -0.05) is 42.8 Å². The van der Waals surface area contributed by atoms with Crippen LogP contribution in [0.1, 0.15) is 99.7 Å². The number of carbonyl (C=O) groups is 1. The minimum absolute atomic E-state index is 0.183. The summed E-state index contributed by atoms with van der Waals surface area (Å²) in [4.78, 5) is 28.2. The molecule has 0 radical (unpaired) electrons. The number of pyridine rings is 1. The van der Waals surface area contributed by atoms with Crippen molar-refractivity contribution < 1.29 is 9.53 Å². The highest BCUT2D eigenvalue weighted by atomic mass is 16.5. The maximum absolute atomic E-state index is 12.7. The van der Waals surface area contributed by atoms with E-state index in [-0.39, 0.29) is 24.2 Å². The average Bonchev–Trinajstić information content (AvgIpc) is 3.19. The molecular weight excluding hydrogens is 685 g/mol. The highest BCUT2D eigenvalue weighted by Gasteiger charge is 2.50. The largest absolute Gasteiger partial charge is 0.470 e. The van der Waals surface area contributed by atoms with E-state index in [1.807, 2.05) is 24.3 Å². The van der Waals surface area contributed by atoms with Crippen molar-refractivity contribution in [3.63, 3.8) is 0 Å². The number of nitriles is 1. The summed E-state index contributed by atoms with van der Waals surface area (Å²) < 4.78 is 5.86. The fourth-order valence-corrected chi connectivity index (χ4v) is 10.5. The number of unbranched alkanes of at least 4 members (excludes halogenated alkanes) is 2. The quantitative estimate of drug-likeness (QED) is 0.110. The Morgan fingerprint density at radius 3 is 2.35 bits per heavy atom. The van der Waals surface area contributed by atoms with E-state index < -0.39 is 0 Å². The number of benzene rings is 2. The Balaban J connectivity index is 0.774. The second-order valence-corrected chi connectivity index (χ2v) is 16.9. The predicted molar refractivity (Wildman–Crippen MR) is 216 cm³/mol. The van der Waals surface area contributed by atoms with Crippen LogP contribution in [0.5, 0.6) is 5.88 Å². The lowest BCUT2D eigenvalue weighted by Crippen LogP contribution is -2.51. The molecule has 5 N–H and O–H groups in total. The fourth-order valence-electron chi connectivity index (χ4n) is 10.5. The molecule has 10 heteroatoms. The lowest BCUT2D eigenvalue weighted by Gasteiger charge is -2.56. The van der Waals surface area contributed by atoms with Crippen LogP contribution in [-0.2, 0) is 11.4 Å². The van der Waals surface area contributed by atoms with Crippen molar-refractivity contribution in [3.05, 3.63) is 83.7 Å². The first kappa shape index (κ1) is 36.9. The molecular formula is C45H54N8O2. The molecule has 0 spiro atoms. The number of rotatable bonds is 14. The zero-order chi connectivity index (χ0) is 37.8. The summed E-state index contributed by atoms with van der Waals surface area (Å²) in [6.45, 7) is 4.47. The Hall–Kier alpha value is -5.01. The molecule has 286 valence electrons. The molecule has 4 bridgehead atoms. The van der Waals surface area contributed by atoms with E-state index in [0.29, 0.717) is 34.8 Å². The summed E-state index contributed by atoms with van der Waals surface area (Å²) in [7, 11) is 0. The molecule has 9 rings (SSSR count). The SMILES string of the molecule is N#Cc1cc(-c2cnc(N)c(OCc3ccnc(N)c3)n2)ccc1-c1ccc(C2CCN(CCCCCC(=O)NCC34CC5CC(CC(C5)C3)C4)CC2)cc1. The van der Waals surface area contributed by atoms with Crippen LogP contribution in [0, 0.1) is 34.5 Å². The summed E-state index contributed by atoms with van der Waals surface area (Å²) >= 11 is 0. The molecule has 4 aromatic rings. The van der Waals surface area contributed by atoms with E-state index in [0.717, 1.165) is 98.3 Å². The second-order valence-electron chi connectivity index (χ2n) is 16.9. The normalized spacial score (nSPS) is 23.4. The van der Waals surface area contributed by atoms with Crippen LogP contribution in [0.4, 0.5) is 11.6 Å². The molecule has 1 aliphatic heterocycles. The van der Waals surface area contributed by atoms with Crippen molar-refractivity contribution >= 4 is 17.5 Å². The number of hydrogen-bond acceptors (Lipinski definition) is 9. The van der Waals surface area contributed by atoms with Gasteiger partial charge in [0, 0.05) is 24.7 Å². The first-order valence-electron chi connectivity index (χ1n) is 20.4. The maximum Gasteiger partial charge on any atom is 0.258 e. The number of amides is 1. The number of nitrogen functional groups attached to an aromatic ring is 2. The smallest absolute Gasteiger partial charge is 0.258 e. The number of anilines is 2. The number of nitrogens with zero attached hydrogens (tertiary/aromatic N) is 5. The number of ether oxygens (including phenoxy) is 1. The van der Waals surface area contributed by atoms with E-state index in [9.17, 15) is 10.1 Å². The Kier molecular flexibility index (Phi) is 11.0. The lowest BCUT2D eigenvalue weighted by atomic mass is 9.49. The molecule has 0 atom stereocenters. The minimum Gasteiger partial charge on any atom is -0.470 e. The summed E-state index contributed by atoms with van der Waals surface area (Å²) in [6, 6.07) is 20.4. The number of hydrogen-bond donors (Lipinski definition) is 3. The predicted octanol–water partition coefficient (Wildman–Crippen LogP) is 7.89. The molecule has 5 aliphatic rings. The zero-order valence-electron chi connectivity index (χ0n) is 31.9. The number of aromatic nitrogens is 3. The van der Waals surface area contributed by atoms with Gasteiger partial charge in [0.1, 0.15) is 12.4 Å². The molecule has 0 unspecified atom stereocenters. The van der Waals surface area contributed by atoms with E-state index in [1.54, 1.807) is 18.5 Å². The number of nitrogens with one attached hydrogen (secondary N) is 1. The van der Waals surface area contributed by atoms with Gasteiger partial charge in [-0.15, -0.1) is 0 Å². The van der Waals surface area contributed by atoms with Crippen LogP contribution in [0.3, 0.4) is 0 Å². The number of likely N-dealkylation sites (tertiary alicyclic amines) is 1. The van der Waals surface area contributed by atoms with Crippen LogP contribution in [0.2, 0.25) is 0 Å². The van der Waals surface area contributed by atoms with Crippen molar-refractivity contribution in [3.8, 4) is 34.3 Å². The first-order chi connectivity index (χ1) is 26.8. The molecule has 2 aromatic carbocycles. The van der Waals surface area contributed by atoms with E-state index >= 15 is 0 Å². The standard InChI is InChI=1S/C45H54N8O2/c46-26-38-22-37(40-27-50-43(48)44(52-40)55-28-30-11-14-49-41(47)21-30)9-10-39(38)36-7-5-34(6-8-36)35-12-16-53(17-13-35)15-3-1-2-4-42(54)51-29-45-23-31-18-32(24-45)20-33(19-31)25-45/h5-11,14,21-22,27,31-33,35H,1-4,12-13,15-20,23-25,28-29H2,(H2,47,49)(H2,48,50)(H,51,54). The van der Waals surface area contributed by atoms with Crippen molar-refractivity contribution in [2.45, 2.75) is 89.6 Å². The summed E-state index contributed by atoms with van der Waals surface area (Å²) in [5.41, 5.74) is 18.2. The van der Waals surface area contributed by atoms with Crippen molar-refractivity contribution in [2.24, 2.45) is 23.2 Å². The molecule has 5 fully saturated rings. The lowest BCUT2D eigenvalue weighted by molar-refractivity contribution is -0.123. The topological polar surface area (TPSA) is 156 Å². The third-order valence-corrected chi connectivity index (χ3v) is 12.9. The van der Waals surface area contributed by atoms with Gasteiger partial charge in [0.15, 0.2) is 5.82 Å². The van der Waals surface area contributed by atoms with Crippen LogP contribution in [0.15, 0.2) is 67.0 Å². The summed E-state index contributed by atoms with van der Waals surface area (Å²) in [5, 5.41) is 13.5. The summed E-state index contributed by atoms with van der Waals surface area (Å²) in [6.07, 6.45) is 17.9. The van der Waals surface area contributed by atoms with Crippen molar-refractivity contribution in [1.82, 2.24) is 25.2 Å². The van der Waals surface area contributed by atoms with Gasteiger partial charge in [-0.2, -0.15) is 5.26 Å². The molecule has 55 heavy (non-hydrogen) atoms. The Bertz CT molecular complexity index is 1980. The highest BCUT2D eigenvalue weighted by Crippen LogP contribution is 2.59. The van der Waals surface area contributed by atoms with Gasteiger partial charge in [-0.25, -0.2) is 15.0 Å². The molecule has 1 amide bonds. The van der Waals surface area contributed by atoms with Crippen LogP contribution >= 0.6 is 0 Å². The van der Waals surface area contributed by atoms with Crippen molar-refractivity contribution in [1.29, 1.82) is 5.26 Å². The third kappa shape index (κ3) is 8.78. The van der Waals surface area contributed by atoms with Crippen LogP contribution < -0.4 is 21.5 Å². The van der Waals surface area contributed by atoms with Crippen LogP contribution in [-0.4, -0.2) is 51.9 Å². The fraction of sp³-hybridized carbons (Fsp3) is 0.489. The molecule has 2 aromatic heterocycles. The van der Waals surface area contributed by atoms with Gasteiger partial charge < -0.3 is 26.4 Å². The second kappa shape index (κ2) is 16.4. The Morgan fingerprint density at radius 2 is 1.64 bits per heavy atom. The zero-order valence-corrected chi connectivity index (χ0v) is 31.9. The van der Waals surface area contributed by atoms with Crippen molar-refractivity contribution in [2.75, 3.05) is 37.6 Å². The Labute approximate surface area is 325 Å². The number of carbonyl (C=O) groups excluding carboxylic acids is 1. The maximum atomic E-state index is 12.7. The molecule has 1 saturated heterocycles. The molecule has 10 nitrogen and oxygen atoms in total. The van der Waals surface area contributed by atoms with Gasteiger partial charge in [-0.05, 0) is 153 Å². The van der Waals surface area contributed by atoms with E-state index in [4.69, 9.17) is 16.2 Å². The van der Waals surface area contributed by atoms with Gasteiger partial charge in [0.05, 0.1) is 23.5 Å². The number of nitrogens with two attached hydrogens (primary N) is 2. The Morgan fingerprint density at radius 1 is 0.909 bits per heavy atom. The van der Waals surface area contributed by atoms with E-state index in [1.165, 1.54) is 44.1 Å². The molecule has 3 heterocycles. The molecule has 4 saturated carbocycles. The number of piperidine rings is 1. The third-order valence-electron chi connectivity index (χ3n) is 12.9. The first-order valence-corrected chi connectivity index (χ1v) is 20.4. The monoisotopic (exact) mass is 738 g/mol. The highest BCUT2D eigenvalue weighted by molar-refractivity contribution is 5.76. The summed E-state index contributed by atoms with van der Waals surface area (Å²) in [5.74, 6) is 4.42. The van der Waals surface area contributed by atoms with Crippen LogP contribution in [0.25, 0.3) is 22.4 Å². The van der Waals surface area contributed by atoms with Gasteiger partial charge >= 0.3 is 0 Å². The van der Waals surface area contributed by atoms with Gasteiger partial charge in [-0.3, -0.25) is 4.79 Å². The molecule has 4 aliphatic carbocycles. The van der Waals surface area contributed by atoms with Gasteiger partial charge in [0.25, 0.3) is 5.88 Å². The van der Waals surface area contributed by atoms with E-state index in [2.05, 4.69) is 55.5 Å². The minimum atomic E-state index is 0.183.